The Labute approximate surface area is 180 Å². The van der Waals surface area contributed by atoms with Gasteiger partial charge in [-0.3, -0.25) is 4.79 Å². The minimum Gasteiger partial charge on any atom is -0.363 e. The zero-order valence-electron chi connectivity index (χ0n) is 16.4. The van der Waals surface area contributed by atoms with E-state index in [2.05, 4.69) is 27.4 Å². The molecule has 1 N–H and O–H groups in total. The van der Waals surface area contributed by atoms with Crippen molar-refractivity contribution in [3.05, 3.63) is 82.5 Å². The molecule has 1 heterocycles. The highest BCUT2D eigenvalue weighted by molar-refractivity contribution is 7.98. The smallest absolute Gasteiger partial charge is 0.251 e. The number of halogens is 1. The van der Waals surface area contributed by atoms with Gasteiger partial charge in [0.1, 0.15) is 11.0 Å². The van der Waals surface area contributed by atoms with Crippen molar-refractivity contribution in [2.75, 3.05) is 25.5 Å². The Balaban J connectivity index is 1.51. The number of benzene rings is 2. The van der Waals surface area contributed by atoms with Crippen molar-refractivity contribution in [2.24, 2.45) is 0 Å². The minimum atomic E-state index is -0.0612. The third-order valence-electron chi connectivity index (χ3n) is 4.25. The highest BCUT2D eigenvalue weighted by Gasteiger charge is 2.08. The zero-order valence-corrected chi connectivity index (χ0v) is 18.0. The first-order valence-electron chi connectivity index (χ1n) is 9.27. The maximum absolute atomic E-state index is 12.3. The fourth-order valence-electron chi connectivity index (χ4n) is 2.65. The Morgan fingerprint density at radius 2 is 1.76 bits per heavy atom. The van der Waals surface area contributed by atoms with Crippen molar-refractivity contribution in [1.82, 2.24) is 15.3 Å². The van der Waals surface area contributed by atoms with Crippen LogP contribution in [0.3, 0.4) is 0 Å². The molecule has 1 aromatic heterocycles. The van der Waals surface area contributed by atoms with Gasteiger partial charge in [-0.05, 0) is 29.7 Å². The van der Waals surface area contributed by atoms with E-state index in [1.165, 1.54) is 17.3 Å². The normalized spacial score (nSPS) is 10.6. The third kappa shape index (κ3) is 6.48. The number of thioether (sulfide) groups is 1. The molecule has 0 spiro atoms. The lowest BCUT2D eigenvalue weighted by Crippen LogP contribution is -2.25. The molecule has 7 heteroatoms. The van der Waals surface area contributed by atoms with E-state index >= 15 is 0 Å². The molecule has 0 aliphatic heterocycles. The van der Waals surface area contributed by atoms with Crippen molar-refractivity contribution in [2.45, 2.75) is 17.3 Å². The minimum absolute atomic E-state index is 0.0612. The van der Waals surface area contributed by atoms with Crippen LogP contribution >= 0.6 is 23.4 Å². The molecule has 0 radical (unpaired) electrons. The van der Waals surface area contributed by atoms with Crippen molar-refractivity contribution < 1.29 is 4.79 Å². The number of rotatable bonds is 8. The number of hydrogen-bond acceptors (Lipinski definition) is 5. The summed E-state index contributed by atoms with van der Waals surface area (Å²) in [7, 11) is 3.83. The number of nitrogens with zero attached hydrogens (tertiary/aromatic N) is 3. The number of hydrogen-bond donors (Lipinski definition) is 1. The van der Waals surface area contributed by atoms with E-state index in [9.17, 15) is 4.79 Å². The second-order valence-corrected chi connectivity index (χ2v) is 8.03. The largest absolute Gasteiger partial charge is 0.363 e. The lowest BCUT2D eigenvalue weighted by atomic mass is 10.1. The van der Waals surface area contributed by atoms with Crippen LogP contribution in [-0.4, -0.2) is 36.5 Å². The molecule has 0 atom stereocenters. The zero-order chi connectivity index (χ0) is 20.6. The van der Waals surface area contributed by atoms with E-state index in [1.807, 2.05) is 61.5 Å². The van der Waals surface area contributed by atoms with Gasteiger partial charge in [-0.2, -0.15) is 0 Å². The predicted molar refractivity (Wildman–Crippen MR) is 120 cm³/mol. The molecule has 0 unspecified atom stereocenters. The summed E-state index contributed by atoms with van der Waals surface area (Å²) in [5.41, 5.74) is 2.95. The second-order valence-electron chi connectivity index (χ2n) is 6.70. The van der Waals surface area contributed by atoms with Crippen LogP contribution in [0, 0.1) is 0 Å². The number of anilines is 1. The summed E-state index contributed by atoms with van der Waals surface area (Å²) in [5.74, 6) is 1.41. The van der Waals surface area contributed by atoms with E-state index in [1.54, 1.807) is 6.07 Å². The molecule has 0 fully saturated rings. The summed E-state index contributed by atoms with van der Waals surface area (Å²) in [6.45, 7) is 0.612. The van der Waals surface area contributed by atoms with E-state index in [-0.39, 0.29) is 5.91 Å². The number of amides is 1. The number of aromatic nitrogens is 2. The van der Waals surface area contributed by atoms with Gasteiger partial charge in [-0.25, -0.2) is 9.97 Å². The van der Waals surface area contributed by atoms with E-state index < -0.39 is 0 Å². The van der Waals surface area contributed by atoms with Crippen LogP contribution in [0.1, 0.15) is 21.5 Å². The monoisotopic (exact) mass is 426 g/mol. The third-order valence-corrected chi connectivity index (χ3v) is 5.36. The first kappa shape index (κ1) is 21.1. The van der Waals surface area contributed by atoms with Crippen molar-refractivity contribution in [3.63, 3.8) is 0 Å². The molecule has 0 bridgehead atoms. The topological polar surface area (TPSA) is 58.1 Å². The molecule has 29 heavy (non-hydrogen) atoms. The molecule has 1 amide bonds. The highest BCUT2D eigenvalue weighted by atomic mass is 35.5. The van der Waals surface area contributed by atoms with Gasteiger partial charge in [0.05, 0.1) is 0 Å². The molecule has 3 rings (SSSR count). The Morgan fingerprint density at radius 3 is 2.45 bits per heavy atom. The van der Waals surface area contributed by atoms with E-state index in [0.717, 1.165) is 17.8 Å². The summed E-state index contributed by atoms with van der Waals surface area (Å²) in [6, 6.07) is 19.4. The highest BCUT2D eigenvalue weighted by Crippen LogP contribution is 2.24. The van der Waals surface area contributed by atoms with Crippen LogP contribution in [0.4, 0.5) is 5.82 Å². The Kier molecular flexibility index (Phi) is 7.49. The molecule has 0 aliphatic rings. The molecular weight excluding hydrogens is 404 g/mol. The summed E-state index contributed by atoms with van der Waals surface area (Å²) in [5, 5.41) is 4.02. The van der Waals surface area contributed by atoms with Crippen molar-refractivity contribution in [3.8, 4) is 0 Å². The van der Waals surface area contributed by atoms with Gasteiger partial charge in [0.2, 0.25) is 0 Å². The molecule has 0 saturated heterocycles. The number of nitrogens with one attached hydrogen (secondary N) is 1. The summed E-state index contributed by atoms with van der Waals surface area (Å²) in [4.78, 5) is 22.9. The fourth-order valence-corrected chi connectivity index (χ4v) is 3.68. The summed E-state index contributed by atoms with van der Waals surface area (Å²) < 4.78 is 0. The fraction of sp³-hybridized carbons (Fsp3) is 0.227. The molecule has 3 aromatic rings. The van der Waals surface area contributed by atoms with E-state index in [0.29, 0.717) is 28.2 Å². The number of carbonyl (C=O) groups excluding carboxylic acids is 1. The van der Waals surface area contributed by atoms with Crippen LogP contribution in [0.25, 0.3) is 0 Å². The van der Waals surface area contributed by atoms with Crippen LogP contribution in [0.5, 0.6) is 0 Å². The van der Waals surface area contributed by atoms with Crippen LogP contribution in [-0.2, 0) is 12.2 Å². The summed E-state index contributed by atoms with van der Waals surface area (Å²) in [6.07, 6.45) is 0.815. The van der Waals surface area contributed by atoms with Gasteiger partial charge in [0, 0.05) is 38.0 Å². The molecular formula is C22H23ClN4OS. The van der Waals surface area contributed by atoms with Gasteiger partial charge in [-0.1, -0.05) is 65.8 Å². The first-order valence-corrected chi connectivity index (χ1v) is 10.6. The summed E-state index contributed by atoms with van der Waals surface area (Å²) >= 11 is 7.59. The maximum Gasteiger partial charge on any atom is 0.251 e. The predicted octanol–water partition coefficient (Wildman–Crippen LogP) is 4.46. The van der Waals surface area contributed by atoms with Crippen LogP contribution in [0.15, 0.2) is 65.8 Å². The SMILES string of the molecule is CN(C)c1cc(Cl)nc(SCc2ccc(C(=O)NCCc3ccccc3)cc2)n1. The molecule has 0 saturated carbocycles. The molecule has 5 nitrogen and oxygen atoms in total. The van der Waals surface area contributed by atoms with Gasteiger partial charge in [0.15, 0.2) is 5.16 Å². The standard InChI is InChI=1S/C22H23ClN4OS/c1-27(2)20-14-19(23)25-22(26-20)29-15-17-8-10-18(11-9-17)21(28)24-13-12-16-6-4-3-5-7-16/h3-11,14H,12-13,15H2,1-2H3,(H,24,28). The van der Waals surface area contributed by atoms with Crippen molar-refractivity contribution >= 4 is 35.1 Å². The van der Waals surface area contributed by atoms with Gasteiger partial charge >= 0.3 is 0 Å². The van der Waals surface area contributed by atoms with Gasteiger partial charge in [0.25, 0.3) is 5.91 Å². The van der Waals surface area contributed by atoms with Gasteiger partial charge < -0.3 is 10.2 Å². The number of carbonyl (C=O) groups is 1. The molecule has 150 valence electrons. The Hall–Kier alpha value is -2.57. The first-order chi connectivity index (χ1) is 14.0. The van der Waals surface area contributed by atoms with Crippen LogP contribution in [0.2, 0.25) is 5.15 Å². The average molecular weight is 427 g/mol. The molecule has 0 aliphatic carbocycles. The van der Waals surface area contributed by atoms with Gasteiger partial charge in [-0.15, -0.1) is 0 Å². The van der Waals surface area contributed by atoms with Crippen molar-refractivity contribution in [1.29, 1.82) is 0 Å². The molecule has 2 aromatic carbocycles. The van der Waals surface area contributed by atoms with E-state index in [4.69, 9.17) is 11.6 Å². The Bertz CT molecular complexity index is 949. The van der Waals surface area contributed by atoms with Crippen LogP contribution < -0.4 is 10.2 Å². The average Bonchev–Trinajstić information content (AvgIpc) is 2.73. The maximum atomic E-state index is 12.3. The quantitative estimate of drug-likeness (QED) is 0.327. The lowest BCUT2D eigenvalue weighted by molar-refractivity contribution is 0.0954. The lowest BCUT2D eigenvalue weighted by Gasteiger charge is -2.12. The second kappa shape index (κ2) is 10.3. The Morgan fingerprint density at radius 1 is 1.03 bits per heavy atom.